The van der Waals surface area contributed by atoms with Crippen molar-refractivity contribution in [1.82, 2.24) is 10.6 Å². The predicted molar refractivity (Wildman–Crippen MR) is 65.9 cm³/mol. The van der Waals surface area contributed by atoms with Crippen LogP contribution in [0.5, 0.6) is 0 Å². The van der Waals surface area contributed by atoms with Crippen LogP contribution >= 0.6 is 0 Å². The Kier molecular flexibility index (Phi) is 4.78. The highest BCUT2D eigenvalue weighted by atomic mass is 19.2. The summed E-state index contributed by atoms with van der Waals surface area (Å²) in [4.78, 5) is 11.5. The van der Waals surface area contributed by atoms with Crippen LogP contribution in [0.3, 0.4) is 0 Å². The number of nitrogens with one attached hydrogen (secondary N) is 2. The zero-order chi connectivity index (χ0) is 13.8. The molecule has 18 heavy (non-hydrogen) atoms. The zero-order valence-electron chi connectivity index (χ0n) is 10.8. The van der Waals surface area contributed by atoms with Gasteiger partial charge in [-0.05, 0) is 19.9 Å². The third-order valence-electron chi connectivity index (χ3n) is 2.76. The summed E-state index contributed by atoms with van der Waals surface area (Å²) in [5.41, 5.74) is -0.346. The van der Waals surface area contributed by atoms with E-state index in [1.165, 1.54) is 12.1 Å². The maximum Gasteiger partial charge on any atom is 0.226 e. The summed E-state index contributed by atoms with van der Waals surface area (Å²) in [7, 11) is 1.57. The smallest absolute Gasteiger partial charge is 0.226 e. The van der Waals surface area contributed by atoms with Crippen molar-refractivity contribution in [3.63, 3.8) is 0 Å². The molecule has 100 valence electrons. The number of carbonyl (C=O) groups is 1. The number of halogens is 2. The highest BCUT2D eigenvalue weighted by molar-refractivity contribution is 5.81. The second kappa shape index (κ2) is 5.91. The predicted octanol–water partition coefficient (Wildman–Crippen LogP) is 1.83. The molecule has 0 atom stereocenters. The lowest BCUT2D eigenvalue weighted by Gasteiger charge is -2.23. The standard InChI is InChI=1S/C13H18F2N2O/c1-13(2,12(18)16-3)8-17-7-9-5-4-6-10(14)11(9)15/h4-6,17H,7-8H2,1-3H3,(H,16,18). The Morgan fingerprint density at radius 2 is 2.00 bits per heavy atom. The van der Waals surface area contributed by atoms with Crippen LogP contribution in [0.15, 0.2) is 18.2 Å². The van der Waals surface area contributed by atoms with Gasteiger partial charge in [-0.2, -0.15) is 0 Å². The Bertz CT molecular complexity index is 433. The maximum absolute atomic E-state index is 13.4. The summed E-state index contributed by atoms with van der Waals surface area (Å²) < 4.78 is 26.3. The van der Waals surface area contributed by atoms with Crippen LogP contribution in [0.4, 0.5) is 8.78 Å². The Morgan fingerprint density at radius 1 is 1.33 bits per heavy atom. The molecule has 0 bridgehead atoms. The fraction of sp³-hybridized carbons (Fsp3) is 0.462. The van der Waals surface area contributed by atoms with E-state index in [9.17, 15) is 13.6 Å². The molecule has 0 aromatic heterocycles. The normalized spacial score (nSPS) is 11.4. The molecule has 0 aliphatic carbocycles. The molecule has 1 aromatic rings. The molecule has 1 amide bonds. The quantitative estimate of drug-likeness (QED) is 0.844. The maximum atomic E-state index is 13.4. The Hall–Kier alpha value is -1.49. The molecule has 0 unspecified atom stereocenters. The van der Waals surface area contributed by atoms with E-state index in [0.717, 1.165) is 6.07 Å². The van der Waals surface area contributed by atoms with Crippen molar-refractivity contribution in [3.05, 3.63) is 35.4 Å². The minimum Gasteiger partial charge on any atom is -0.359 e. The van der Waals surface area contributed by atoms with Crippen LogP contribution in [-0.2, 0) is 11.3 Å². The van der Waals surface area contributed by atoms with E-state index in [2.05, 4.69) is 10.6 Å². The Balaban J connectivity index is 2.57. The summed E-state index contributed by atoms with van der Waals surface area (Å²) in [6.45, 7) is 4.12. The van der Waals surface area contributed by atoms with E-state index in [0.29, 0.717) is 6.54 Å². The first-order valence-corrected chi connectivity index (χ1v) is 5.74. The van der Waals surface area contributed by atoms with Crippen LogP contribution in [0.1, 0.15) is 19.4 Å². The van der Waals surface area contributed by atoms with Gasteiger partial charge in [-0.15, -0.1) is 0 Å². The van der Waals surface area contributed by atoms with Gasteiger partial charge in [-0.3, -0.25) is 4.79 Å². The molecule has 5 heteroatoms. The van der Waals surface area contributed by atoms with Crippen LogP contribution in [0, 0.1) is 17.0 Å². The molecule has 0 spiro atoms. The number of hydrogen-bond acceptors (Lipinski definition) is 2. The van der Waals surface area contributed by atoms with Crippen LogP contribution in [0.25, 0.3) is 0 Å². The molecular formula is C13H18F2N2O. The van der Waals surface area contributed by atoms with Crippen molar-refractivity contribution < 1.29 is 13.6 Å². The highest BCUT2D eigenvalue weighted by Gasteiger charge is 2.25. The number of amides is 1. The number of hydrogen-bond donors (Lipinski definition) is 2. The van der Waals surface area contributed by atoms with Crippen LogP contribution < -0.4 is 10.6 Å². The second-order valence-electron chi connectivity index (χ2n) is 4.78. The minimum atomic E-state index is -0.861. The molecule has 0 fully saturated rings. The van der Waals surface area contributed by atoms with Crippen LogP contribution in [-0.4, -0.2) is 19.5 Å². The van der Waals surface area contributed by atoms with Crippen molar-refractivity contribution in [2.45, 2.75) is 20.4 Å². The molecule has 0 heterocycles. The summed E-state index contributed by atoms with van der Waals surface area (Å²) in [6.07, 6.45) is 0. The first-order chi connectivity index (χ1) is 8.38. The van der Waals surface area contributed by atoms with Gasteiger partial charge in [0.2, 0.25) is 5.91 Å². The summed E-state index contributed by atoms with van der Waals surface area (Å²) in [5, 5.41) is 5.52. The van der Waals surface area contributed by atoms with Gasteiger partial charge in [-0.25, -0.2) is 8.78 Å². The fourth-order valence-electron chi connectivity index (χ4n) is 1.61. The lowest BCUT2D eigenvalue weighted by atomic mass is 9.92. The zero-order valence-corrected chi connectivity index (χ0v) is 10.8. The number of benzene rings is 1. The molecule has 3 nitrogen and oxygen atoms in total. The molecule has 0 saturated heterocycles. The summed E-state index contributed by atoms with van der Waals surface area (Å²) in [5.74, 6) is -1.81. The van der Waals surface area contributed by atoms with Crippen molar-refractivity contribution in [1.29, 1.82) is 0 Å². The third kappa shape index (κ3) is 3.50. The molecule has 2 N–H and O–H groups in total. The molecule has 1 rings (SSSR count). The van der Waals surface area contributed by atoms with Gasteiger partial charge in [-0.1, -0.05) is 12.1 Å². The Labute approximate surface area is 106 Å². The van der Waals surface area contributed by atoms with E-state index in [4.69, 9.17) is 0 Å². The lowest BCUT2D eigenvalue weighted by molar-refractivity contribution is -0.128. The lowest BCUT2D eigenvalue weighted by Crippen LogP contribution is -2.41. The van der Waals surface area contributed by atoms with E-state index < -0.39 is 17.0 Å². The van der Waals surface area contributed by atoms with E-state index in [1.807, 2.05) is 0 Å². The first-order valence-electron chi connectivity index (χ1n) is 5.74. The van der Waals surface area contributed by atoms with Gasteiger partial charge in [0.15, 0.2) is 11.6 Å². The molecule has 0 aliphatic rings. The van der Waals surface area contributed by atoms with Gasteiger partial charge in [0.05, 0.1) is 5.41 Å². The summed E-state index contributed by atoms with van der Waals surface area (Å²) in [6, 6.07) is 4.05. The van der Waals surface area contributed by atoms with Gasteiger partial charge < -0.3 is 10.6 Å². The fourth-order valence-corrected chi connectivity index (χ4v) is 1.61. The molecule has 0 saturated carbocycles. The van der Waals surface area contributed by atoms with Crippen molar-refractivity contribution in [2.75, 3.05) is 13.6 Å². The van der Waals surface area contributed by atoms with Gasteiger partial charge in [0, 0.05) is 25.7 Å². The van der Waals surface area contributed by atoms with E-state index in [-0.39, 0.29) is 18.0 Å². The highest BCUT2D eigenvalue weighted by Crippen LogP contribution is 2.15. The Morgan fingerprint density at radius 3 is 2.61 bits per heavy atom. The van der Waals surface area contributed by atoms with Crippen molar-refractivity contribution in [3.8, 4) is 0 Å². The average Bonchev–Trinajstić information content (AvgIpc) is 2.33. The largest absolute Gasteiger partial charge is 0.359 e. The van der Waals surface area contributed by atoms with Gasteiger partial charge in [0.25, 0.3) is 0 Å². The van der Waals surface area contributed by atoms with Crippen LogP contribution in [0.2, 0.25) is 0 Å². The minimum absolute atomic E-state index is 0.102. The van der Waals surface area contributed by atoms with E-state index >= 15 is 0 Å². The molecule has 0 radical (unpaired) electrons. The summed E-state index contributed by atoms with van der Waals surface area (Å²) >= 11 is 0. The van der Waals surface area contributed by atoms with Crippen molar-refractivity contribution in [2.24, 2.45) is 5.41 Å². The van der Waals surface area contributed by atoms with Gasteiger partial charge >= 0.3 is 0 Å². The monoisotopic (exact) mass is 256 g/mol. The topological polar surface area (TPSA) is 41.1 Å². The number of carbonyl (C=O) groups excluding carboxylic acids is 1. The second-order valence-corrected chi connectivity index (χ2v) is 4.78. The first kappa shape index (κ1) is 14.6. The van der Waals surface area contributed by atoms with Gasteiger partial charge in [0.1, 0.15) is 0 Å². The molecule has 0 aliphatic heterocycles. The number of rotatable bonds is 5. The van der Waals surface area contributed by atoms with Crippen molar-refractivity contribution >= 4 is 5.91 Å². The third-order valence-corrected chi connectivity index (χ3v) is 2.76. The molecule has 1 aromatic carbocycles. The average molecular weight is 256 g/mol. The SMILES string of the molecule is CNC(=O)C(C)(C)CNCc1cccc(F)c1F. The van der Waals surface area contributed by atoms with E-state index in [1.54, 1.807) is 20.9 Å². The molecular weight excluding hydrogens is 238 g/mol.